The van der Waals surface area contributed by atoms with E-state index in [1.54, 1.807) is 0 Å². The van der Waals surface area contributed by atoms with E-state index in [0.29, 0.717) is 14.8 Å². The van der Waals surface area contributed by atoms with Crippen molar-refractivity contribution in [3.05, 3.63) is 52.0 Å². The van der Waals surface area contributed by atoms with E-state index in [9.17, 15) is 27.2 Å². The molecule has 0 aliphatic rings. The molecule has 6 nitrogen and oxygen atoms in total. The van der Waals surface area contributed by atoms with Crippen LogP contribution in [0.1, 0.15) is 11.4 Å². The molecule has 2 rings (SSSR count). The molecule has 0 fully saturated rings. The second-order valence-corrected chi connectivity index (χ2v) is 5.04. The molecule has 1 N–H and O–H groups in total. The summed E-state index contributed by atoms with van der Waals surface area (Å²) in [5.41, 5.74) is -0.335. The largest absolute Gasteiger partial charge is 0.451 e. The number of amides is 1. The summed E-state index contributed by atoms with van der Waals surface area (Å²) in [6.07, 6.45) is -4.74. The van der Waals surface area contributed by atoms with Gasteiger partial charge in [-0.2, -0.15) is 13.2 Å². The predicted molar refractivity (Wildman–Crippen MR) is 75.6 cm³/mol. The van der Waals surface area contributed by atoms with Gasteiger partial charge in [-0.05, 0) is 17.7 Å². The van der Waals surface area contributed by atoms with E-state index >= 15 is 0 Å². The fraction of sp³-hybridized carbons (Fsp3) is 0.357. The minimum absolute atomic E-state index is 0.00873. The fourth-order valence-electron chi connectivity index (χ4n) is 2.03. The average Bonchev–Trinajstić information content (AvgIpc) is 2.78. The third kappa shape index (κ3) is 4.21. The van der Waals surface area contributed by atoms with Crippen molar-refractivity contribution in [1.29, 1.82) is 0 Å². The molecule has 130 valence electrons. The number of alkyl halides is 3. The minimum Gasteiger partial charge on any atom is -0.354 e. The Morgan fingerprint density at radius 1 is 1.25 bits per heavy atom. The second-order valence-electron chi connectivity index (χ2n) is 5.04. The molecule has 0 saturated carbocycles. The van der Waals surface area contributed by atoms with E-state index in [1.165, 1.54) is 24.3 Å². The first kappa shape index (κ1) is 17.7. The zero-order chi connectivity index (χ0) is 17.9. The quantitative estimate of drug-likeness (QED) is 0.825. The van der Waals surface area contributed by atoms with Crippen LogP contribution in [0, 0.1) is 5.82 Å². The van der Waals surface area contributed by atoms with Gasteiger partial charge in [0.1, 0.15) is 5.82 Å². The highest BCUT2D eigenvalue weighted by molar-refractivity contribution is 5.78. The van der Waals surface area contributed by atoms with Gasteiger partial charge in [-0.25, -0.2) is 13.9 Å². The van der Waals surface area contributed by atoms with Gasteiger partial charge < -0.3 is 5.32 Å². The van der Waals surface area contributed by atoms with Crippen molar-refractivity contribution in [2.75, 3.05) is 6.54 Å². The maximum absolute atomic E-state index is 12.7. The summed E-state index contributed by atoms with van der Waals surface area (Å²) in [7, 11) is 0.974. The average molecular weight is 346 g/mol. The van der Waals surface area contributed by atoms with E-state index < -0.39 is 29.4 Å². The van der Waals surface area contributed by atoms with E-state index in [-0.39, 0.29) is 19.5 Å². The Bertz CT molecular complexity index is 778. The highest BCUT2D eigenvalue weighted by atomic mass is 19.4. The van der Waals surface area contributed by atoms with E-state index in [4.69, 9.17) is 0 Å². The number of aromatic nitrogens is 3. The summed E-state index contributed by atoms with van der Waals surface area (Å²) in [6, 6.07) is 5.34. The molecule has 2 aromatic rings. The number of benzene rings is 1. The lowest BCUT2D eigenvalue weighted by Gasteiger charge is -2.05. The van der Waals surface area contributed by atoms with Crippen LogP contribution >= 0.6 is 0 Å². The highest BCUT2D eigenvalue weighted by Crippen LogP contribution is 2.25. The summed E-state index contributed by atoms with van der Waals surface area (Å²) >= 11 is 0. The minimum atomic E-state index is -4.73. The first-order valence-electron chi connectivity index (χ1n) is 6.90. The maximum atomic E-state index is 12.7. The van der Waals surface area contributed by atoms with E-state index in [1.807, 2.05) is 0 Å². The van der Waals surface area contributed by atoms with Crippen molar-refractivity contribution in [1.82, 2.24) is 19.7 Å². The number of hydrogen-bond acceptors (Lipinski definition) is 3. The summed E-state index contributed by atoms with van der Waals surface area (Å²) in [5.74, 6) is -2.12. The molecule has 24 heavy (non-hydrogen) atoms. The Labute approximate surface area is 133 Å². The third-order valence-electron chi connectivity index (χ3n) is 3.22. The number of carbonyl (C=O) groups is 1. The molecular formula is C14H14F4N4O2. The highest BCUT2D eigenvalue weighted by Gasteiger charge is 2.37. The molecule has 1 heterocycles. The number of carbonyl (C=O) groups excluding carboxylic acids is 1. The topological polar surface area (TPSA) is 68.9 Å². The molecule has 10 heteroatoms. The maximum Gasteiger partial charge on any atom is 0.451 e. The van der Waals surface area contributed by atoms with Crippen molar-refractivity contribution < 1.29 is 22.4 Å². The van der Waals surface area contributed by atoms with Crippen LogP contribution in [0.15, 0.2) is 29.1 Å². The molecule has 1 aromatic carbocycles. The normalized spacial score (nSPS) is 11.5. The van der Waals surface area contributed by atoms with Gasteiger partial charge in [-0.15, -0.1) is 5.10 Å². The fourth-order valence-corrected chi connectivity index (χ4v) is 2.03. The zero-order valence-electron chi connectivity index (χ0n) is 12.6. The van der Waals surface area contributed by atoms with Gasteiger partial charge >= 0.3 is 11.9 Å². The Morgan fingerprint density at radius 2 is 1.88 bits per heavy atom. The van der Waals surface area contributed by atoms with Crippen LogP contribution < -0.4 is 11.0 Å². The van der Waals surface area contributed by atoms with Crippen molar-refractivity contribution in [2.24, 2.45) is 7.05 Å². The molecule has 0 unspecified atom stereocenters. The van der Waals surface area contributed by atoms with Crippen LogP contribution in [-0.4, -0.2) is 26.8 Å². The van der Waals surface area contributed by atoms with Gasteiger partial charge in [-0.1, -0.05) is 12.1 Å². The van der Waals surface area contributed by atoms with Crippen molar-refractivity contribution in [3.63, 3.8) is 0 Å². The van der Waals surface area contributed by atoms with Crippen LogP contribution in [0.4, 0.5) is 17.6 Å². The van der Waals surface area contributed by atoms with Crippen LogP contribution in [-0.2, 0) is 31.0 Å². The van der Waals surface area contributed by atoms with Gasteiger partial charge in [0.05, 0.1) is 13.0 Å². The van der Waals surface area contributed by atoms with Crippen molar-refractivity contribution in [2.45, 2.75) is 19.1 Å². The van der Waals surface area contributed by atoms with Crippen LogP contribution in [0.3, 0.4) is 0 Å². The van der Waals surface area contributed by atoms with Gasteiger partial charge in [0.15, 0.2) is 0 Å². The summed E-state index contributed by atoms with van der Waals surface area (Å²) in [5, 5.41) is 5.69. The molecule has 0 radical (unpaired) electrons. The van der Waals surface area contributed by atoms with Crippen molar-refractivity contribution in [3.8, 4) is 0 Å². The third-order valence-corrected chi connectivity index (χ3v) is 3.22. The number of hydrogen-bond donors (Lipinski definition) is 1. The van der Waals surface area contributed by atoms with Gasteiger partial charge in [0.2, 0.25) is 11.7 Å². The van der Waals surface area contributed by atoms with Gasteiger partial charge in [-0.3, -0.25) is 9.36 Å². The summed E-state index contributed by atoms with van der Waals surface area (Å²) < 4.78 is 51.7. The Balaban J connectivity index is 1.91. The first-order valence-corrected chi connectivity index (χ1v) is 6.90. The lowest BCUT2D eigenvalue weighted by Crippen LogP contribution is -2.32. The number of halogens is 4. The van der Waals surface area contributed by atoms with Crippen LogP contribution in [0.5, 0.6) is 0 Å². The zero-order valence-corrected chi connectivity index (χ0v) is 12.6. The molecule has 0 aliphatic carbocycles. The SMILES string of the molecule is Cn1c(C(F)(F)F)nn(CCNC(=O)Cc2ccc(F)cc2)c1=O. The van der Waals surface area contributed by atoms with Crippen LogP contribution in [0.25, 0.3) is 0 Å². The van der Waals surface area contributed by atoms with Crippen molar-refractivity contribution >= 4 is 5.91 Å². The lowest BCUT2D eigenvalue weighted by atomic mass is 10.1. The molecule has 0 saturated heterocycles. The predicted octanol–water partition coefficient (Wildman–Crippen LogP) is 1.10. The molecule has 0 spiro atoms. The Hall–Kier alpha value is -2.65. The standard InChI is InChI=1S/C14H14F4N4O2/c1-21-12(14(16,17)18)20-22(13(21)24)7-6-19-11(23)8-9-2-4-10(15)5-3-9/h2-5H,6-8H2,1H3,(H,19,23). The molecule has 1 amide bonds. The number of rotatable bonds is 5. The van der Waals surface area contributed by atoms with Crippen LogP contribution in [0.2, 0.25) is 0 Å². The molecule has 0 aliphatic heterocycles. The monoisotopic (exact) mass is 346 g/mol. The second kappa shape index (κ2) is 6.85. The molecule has 0 bridgehead atoms. The van der Waals surface area contributed by atoms with Gasteiger partial charge in [0, 0.05) is 13.6 Å². The number of nitrogens with zero attached hydrogens (tertiary/aromatic N) is 3. The van der Waals surface area contributed by atoms with E-state index in [0.717, 1.165) is 7.05 Å². The molecular weight excluding hydrogens is 332 g/mol. The summed E-state index contributed by atoms with van der Waals surface area (Å²) in [6.45, 7) is -0.258. The lowest BCUT2D eigenvalue weighted by molar-refractivity contribution is -0.147. The molecule has 1 aromatic heterocycles. The van der Waals surface area contributed by atoms with Gasteiger partial charge in [0.25, 0.3) is 0 Å². The first-order chi connectivity index (χ1) is 11.2. The number of nitrogens with one attached hydrogen (secondary N) is 1. The molecule has 0 atom stereocenters. The Morgan fingerprint density at radius 3 is 2.42 bits per heavy atom. The summed E-state index contributed by atoms with van der Waals surface area (Å²) in [4.78, 5) is 23.4. The Kier molecular flexibility index (Phi) is 5.05. The smallest absolute Gasteiger partial charge is 0.354 e. The van der Waals surface area contributed by atoms with E-state index in [2.05, 4.69) is 10.4 Å².